The molecular formula is C13H13ClN4O. The van der Waals surface area contributed by atoms with Crippen molar-refractivity contribution in [2.45, 2.75) is 12.8 Å². The molecule has 0 aliphatic heterocycles. The number of nitrogens with zero attached hydrogens (tertiary/aromatic N) is 2. The number of aryl methyl sites for hydroxylation is 1. The molecule has 2 aromatic rings. The Bertz CT molecular complexity index is 615. The molecule has 0 unspecified atom stereocenters. The summed E-state index contributed by atoms with van der Waals surface area (Å²) in [4.78, 5) is 19.5. The van der Waals surface area contributed by atoms with Crippen LogP contribution in [-0.4, -0.2) is 15.9 Å². The number of nitrogens with one attached hydrogen (secondary N) is 1. The van der Waals surface area contributed by atoms with Crippen LogP contribution in [0.15, 0.2) is 30.5 Å². The summed E-state index contributed by atoms with van der Waals surface area (Å²) >= 11 is 5.69. The minimum Gasteiger partial charge on any atom is -0.365 e. The number of aromatic nitrogens is 2. The molecule has 2 rings (SSSR count). The van der Waals surface area contributed by atoms with Gasteiger partial charge in [-0.3, -0.25) is 4.79 Å². The number of hydrogen-bond donors (Lipinski definition) is 2. The third kappa shape index (κ3) is 3.20. The van der Waals surface area contributed by atoms with Crippen molar-refractivity contribution in [3.05, 3.63) is 47.4 Å². The third-order valence-corrected chi connectivity index (χ3v) is 2.74. The van der Waals surface area contributed by atoms with E-state index in [4.69, 9.17) is 17.3 Å². The SMILES string of the molecule is Cc1cccc(Nc2nc(CCl)ncc2C(N)=O)c1. The minimum atomic E-state index is -0.587. The summed E-state index contributed by atoms with van der Waals surface area (Å²) in [6.45, 7) is 1.98. The van der Waals surface area contributed by atoms with Crippen LogP contribution in [-0.2, 0) is 5.88 Å². The second-order valence-corrected chi connectivity index (χ2v) is 4.31. The van der Waals surface area contributed by atoms with E-state index in [1.807, 2.05) is 31.2 Å². The maximum Gasteiger partial charge on any atom is 0.254 e. The maximum absolute atomic E-state index is 11.3. The van der Waals surface area contributed by atoms with E-state index in [9.17, 15) is 4.79 Å². The van der Waals surface area contributed by atoms with Crippen LogP contribution in [0.3, 0.4) is 0 Å². The van der Waals surface area contributed by atoms with Crippen LogP contribution in [0.5, 0.6) is 0 Å². The van der Waals surface area contributed by atoms with Gasteiger partial charge in [-0.25, -0.2) is 9.97 Å². The van der Waals surface area contributed by atoms with Crippen LogP contribution in [0.4, 0.5) is 11.5 Å². The molecule has 1 aromatic heterocycles. The van der Waals surface area contributed by atoms with Gasteiger partial charge in [0.1, 0.15) is 17.2 Å². The molecule has 0 atom stereocenters. The van der Waals surface area contributed by atoms with Crippen LogP contribution >= 0.6 is 11.6 Å². The Kier molecular flexibility index (Phi) is 3.97. The van der Waals surface area contributed by atoms with Crippen LogP contribution in [0.25, 0.3) is 0 Å². The monoisotopic (exact) mass is 276 g/mol. The molecule has 1 heterocycles. The number of carbonyl (C=O) groups is 1. The Labute approximate surface area is 115 Å². The van der Waals surface area contributed by atoms with E-state index in [0.29, 0.717) is 11.6 Å². The van der Waals surface area contributed by atoms with Crippen molar-refractivity contribution in [3.63, 3.8) is 0 Å². The summed E-state index contributed by atoms with van der Waals surface area (Å²) in [6, 6.07) is 7.70. The van der Waals surface area contributed by atoms with Crippen LogP contribution < -0.4 is 11.1 Å². The molecule has 0 saturated heterocycles. The van der Waals surface area contributed by atoms with Gasteiger partial charge in [0, 0.05) is 11.9 Å². The molecule has 98 valence electrons. The first kappa shape index (κ1) is 13.3. The first-order valence-electron chi connectivity index (χ1n) is 5.65. The lowest BCUT2D eigenvalue weighted by Gasteiger charge is -2.10. The van der Waals surface area contributed by atoms with Crippen LogP contribution in [0, 0.1) is 6.92 Å². The number of amides is 1. The number of primary amides is 1. The van der Waals surface area contributed by atoms with Gasteiger partial charge in [-0.1, -0.05) is 12.1 Å². The van der Waals surface area contributed by atoms with Crippen LogP contribution in [0.2, 0.25) is 0 Å². The molecule has 0 radical (unpaired) electrons. The van der Waals surface area contributed by atoms with Crippen molar-refractivity contribution in [1.82, 2.24) is 9.97 Å². The molecule has 0 spiro atoms. The van der Waals surface area contributed by atoms with E-state index in [2.05, 4.69) is 15.3 Å². The molecule has 1 aromatic carbocycles. The number of anilines is 2. The van der Waals surface area contributed by atoms with Crippen molar-refractivity contribution < 1.29 is 4.79 Å². The molecule has 0 aliphatic carbocycles. The Morgan fingerprint density at radius 3 is 2.89 bits per heavy atom. The van der Waals surface area contributed by atoms with Crippen molar-refractivity contribution >= 4 is 29.0 Å². The number of halogens is 1. The van der Waals surface area contributed by atoms with E-state index in [-0.39, 0.29) is 11.4 Å². The number of rotatable bonds is 4. The van der Waals surface area contributed by atoms with Crippen molar-refractivity contribution in [2.75, 3.05) is 5.32 Å². The highest BCUT2D eigenvalue weighted by Gasteiger charge is 2.12. The van der Waals surface area contributed by atoms with E-state index >= 15 is 0 Å². The lowest BCUT2D eigenvalue weighted by Crippen LogP contribution is -2.15. The Morgan fingerprint density at radius 1 is 1.47 bits per heavy atom. The van der Waals surface area contributed by atoms with Gasteiger partial charge in [0.05, 0.1) is 5.88 Å². The zero-order valence-electron chi connectivity index (χ0n) is 10.4. The van der Waals surface area contributed by atoms with Gasteiger partial charge in [-0.2, -0.15) is 0 Å². The Morgan fingerprint density at radius 2 is 2.26 bits per heavy atom. The summed E-state index contributed by atoms with van der Waals surface area (Å²) in [5.41, 5.74) is 7.45. The van der Waals surface area contributed by atoms with E-state index in [1.54, 1.807) is 0 Å². The topological polar surface area (TPSA) is 80.9 Å². The number of benzene rings is 1. The first-order valence-corrected chi connectivity index (χ1v) is 6.19. The summed E-state index contributed by atoms with van der Waals surface area (Å²) in [5.74, 6) is 0.378. The van der Waals surface area contributed by atoms with Gasteiger partial charge in [-0.05, 0) is 24.6 Å². The van der Waals surface area contributed by atoms with Gasteiger partial charge in [-0.15, -0.1) is 11.6 Å². The highest BCUT2D eigenvalue weighted by Crippen LogP contribution is 2.19. The average Bonchev–Trinajstić information content (AvgIpc) is 2.38. The predicted molar refractivity (Wildman–Crippen MR) is 74.6 cm³/mol. The normalized spacial score (nSPS) is 10.2. The summed E-state index contributed by atoms with van der Waals surface area (Å²) in [5, 5.41) is 3.06. The average molecular weight is 277 g/mol. The zero-order chi connectivity index (χ0) is 13.8. The number of nitrogens with two attached hydrogens (primary N) is 1. The molecule has 1 amide bonds. The van der Waals surface area contributed by atoms with Crippen LogP contribution in [0.1, 0.15) is 21.7 Å². The van der Waals surface area contributed by atoms with E-state index in [1.165, 1.54) is 6.20 Å². The quantitative estimate of drug-likeness (QED) is 0.840. The molecule has 0 aliphatic rings. The van der Waals surface area contributed by atoms with Crippen molar-refractivity contribution in [1.29, 1.82) is 0 Å². The predicted octanol–water partition coefficient (Wildman–Crippen LogP) is 2.37. The molecule has 0 saturated carbocycles. The highest BCUT2D eigenvalue weighted by molar-refractivity contribution is 6.16. The number of alkyl halides is 1. The summed E-state index contributed by atoms with van der Waals surface area (Å²) in [7, 11) is 0. The molecule has 5 nitrogen and oxygen atoms in total. The first-order chi connectivity index (χ1) is 9.10. The largest absolute Gasteiger partial charge is 0.365 e. The molecule has 3 N–H and O–H groups in total. The lowest BCUT2D eigenvalue weighted by molar-refractivity contribution is 0.100. The van der Waals surface area contributed by atoms with Gasteiger partial charge in [0.2, 0.25) is 0 Å². The Balaban J connectivity index is 2.39. The fourth-order valence-corrected chi connectivity index (χ4v) is 1.75. The van der Waals surface area contributed by atoms with E-state index in [0.717, 1.165) is 11.3 Å². The Hall–Kier alpha value is -2.14. The molecule has 19 heavy (non-hydrogen) atoms. The fraction of sp³-hybridized carbons (Fsp3) is 0.154. The molecule has 0 bridgehead atoms. The maximum atomic E-state index is 11.3. The van der Waals surface area contributed by atoms with Gasteiger partial charge >= 0.3 is 0 Å². The second-order valence-electron chi connectivity index (χ2n) is 4.04. The molecular weight excluding hydrogens is 264 g/mol. The van der Waals surface area contributed by atoms with Crippen molar-refractivity contribution in [3.8, 4) is 0 Å². The minimum absolute atomic E-state index is 0.168. The van der Waals surface area contributed by atoms with Gasteiger partial charge < -0.3 is 11.1 Å². The number of hydrogen-bond acceptors (Lipinski definition) is 4. The summed E-state index contributed by atoms with van der Waals surface area (Å²) in [6.07, 6.45) is 1.38. The zero-order valence-corrected chi connectivity index (χ0v) is 11.1. The van der Waals surface area contributed by atoms with Crippen molar-refractivity contribution in [2.24, 2.45) is 5.73 Å². The molecule has 6 heteroatoms. The van der Waals surface area contributed by atoms with Gasteiger partial charge in [0.15, 0.2) is 0 Å². The molecule has 0 fully saturated rings. The standard InChI is InChI=1S/C13H13ClN4O/c1-8-3-2-4-9(5-8)17-13-10(12(15)19)7-16-11(6-14)18-13/h2-5,7H,6H2,1H3,(H2,15,19)(H,16,17,18). The summed E-state index contributed by atoms with van der Waals surface area (Å²) < 4.78 is 0. The lowest BCUT2D eigenvalue weighted by atomic mass is 10.2. The second kappa shape index (κ2) is 5.67. The van der Waals surface area contributed by atoms with Gasteiger partial charge in [0.25, 0.3) is 5.91 Å². The number of carbonyl (C=O) groups excluding carboxylic acids is 1. The highest BCUT2D eigenvalue weighted by atomic mass is 35.5. The van der Waals surface area contributed by atoms with E-state index < -0.39 is 5.91 Å². The smallest absolute Gasteiger partial charge is 0.254 e. The fourth-order valence-electron chi connectivity index (χ4n) is 1.62. The third-order valence-electron chi connectivity index (χ3n) is 2.50.